The number of fused-ring (bicyclic) bond motifs is 1. The van der Waals surface area contributed by atoms with Crippen molar-refractivity contribution < 1.29 is 14.3 Å². The van der Waals surface area contributed by atoms with Gasteiger partial charge in [0.2, 0.25) is 0 Å². The van der Waals surface area contributed by atoms with Crippen molar-refractivity contribution >= 4 is 22.8 Å². The van der Waals surface area contributed by atoms with E-state index in [2.05, 4.69) is 10.3 Å². The molecule has 5 nitrogen and oxygen atoms in total. The van der Waals surface area contributed by atoms with Gasteiger partial charge >= 0.3 is 5.97 Å². The fourth-order valence-electron chi connectivity index (χ4n) is 2.73. The van der Waals surface area contributed by atoms with E-state index in [1.165, 1.54) is 13.3 Å². The molecule has 0 aliphatic heterocycles. The Hall–Kier alpha value is -3.21. The van der Waals surface area contributed by atoms with Crippen molar-refractivity contribution in [2.45, 2.75) is 19.4 Å². The predicted octanol–water partition coefficient (Wildman–Crippen LogP) is 3.06. The molecule has 3 aromatic rings. The number of carbonyl (C=O) groups excluding carboxylic acids is 2. The molecule has 0 radical (unpaired) electrons. The van der Waals surface area contributed by atoms with E-state index < -0.39 is 12.0 Å². The van der Waals surface area contributed by atoms with E-state index in [9.17, 15) is 9.59 Å². The van der Waals surface area contributed by atoms with E-state index in [-0.39, 0.29) is 5.91 Å². The Morgan fingerprint density at radius 1 is 1.12 bits per heavy atom. The minimum atomic E-state index is -0.762. The van der Waals surface area contributed by atoms with Crippen molar-refractivity contribution in [3.63, 3.8) is 0 Å². The quantitative estimate of drug-likeness (QED) is 0.720. The number of nitrogens with zero attached hydrogens (tertiary/aromatic N) is 1. The van der Waals surface area contributed by atoms with Gasteiger partial charge in [0.15, 0.2) is 0 Å². The summed E-state index contributed by atoms with van der Waals surface area (Å²) in [7, 11) is 1.31. The normalized spacial score (nSPS) is 11.8. The maximum atomic E-state index is 12.6. The lowest BCUT2D eigenvalue weighted by molar-refractivity contribution is -0.142. The Labute approximate surface area is 152 Å². The van der Waals surface area contributed by atoms with Gasteiger partial charge in [-0.3, -0.25) is 9.78 Å². The van der Waals surface area contributed by atoms with E-state index in [1.807, 2.05) is 55.5 Å². The van der Waals surface area contributed by atoms with Gasteiger partial charge < -0.3 is 10.1 Å². The van der Waals surface area contributed by atoms with Crippen LogP contribution in [0, 0.1) is 6.92 Å². The lowest BCUT2D eigenvalue weighted by Crippen LogP contribution is -2.43. The number of amides is 1. The van der Waals surface area contributed by atoms with Crippen LogP contribution in [-0.2, 0) is 16.0 Å². The number of ether oxygens (including phenoxy) is 1. The molecule has 1 amide bonds. The van der Waals surface area contributed by atoms with Gasteiger partial charge in [-0.1, -0.05) is 48.0 Å². The predicted molar refractivity (Wildman–Crippen MR) is 99.9 cm³/mol. The van der Waals surface area contributed by atoms with Crippen LogP contribution in [0.4, 0.5) is 0 Å². The van der Waals surface area contributed by atoms with Crippen LogP contribution >= 0.6 is 0 Å². The van der Waals surface area contributed by atoms with Crippen LogP contribution in [-0.4, -0.2) is 30.0 Å². The van der Waals surface area contributed by atoms with Crippen molar-refractivity contribution in [2.24, 2.45) is 0 Å². The summed E-state index contributed by atoms with van der Waals surface area (Å²) in [4.78, 5) is 29.0. The molecular formula is C21H20N2O3. The topological polar surface area (TPSA) is 68.3 Å². The van der Waals surface area contributed by atoms with Crippen LogP contribution in [0.25, 0.3) is 10.9 Å². The molecule has 1 aromatic heterocycles. The highest BCUT2D eigenvalue weighted by Crippen LogP contribution is 2.13. The van der Waals surface area contributed by atoms with Gasteiger partial charge in [0, 0.05) is 18.0 Å². The van der Waals surface area contributed by atoms with Gasteiger partial charge in [0.25, 0.3) is 5.91 Å². The maximum Gasteiger partial charge on any atom is 0.328 e. The minimum absolute atomic E-state index is 0.356. The molecule has 0 bridgehead atoms. The fraction of sp³-hybridized carbons (Fsp3) is 0.190. The van der Waals surface area contributed by atoms with Gasteiger partial charge in [-0.05, 0) is 24.6 Å². The first-order chi connectivity index (χ1) is 12.6. The lowest BCUT2D eigenvalue weighted by atomic mass is 10.0. The van der Waals surface area contributed by atoms with Crippen LogP contribution in [0.15, 0.2) is 60.8 Å². The third-order valence-electron chi connectivity index (χ3n) is 4.20. The van der Waals surface area contributed by atoms with Crippen molar-refractivity contribution in [1.29, 1.82) is 0 Å². The van der Waals surface area contributed by atoms with E-state index in [4.69, 9.17) is 4.74 Å². The lowest BCUT2D eigenvalue weighted by Gasteiger charge is -2.17. The number of pyridine rings is 1. The van der Waals surface area contributed by atoms with E-state index in [0.717, 1.165) is 22.0 Å². The fourth-order valence-corrected chi connectivity index (χ4v) is 2.73. The molecule has 0 aliphatic carbocycles. The summed E-state index contributed by atoms with van der Waals surface area (Å²) in [5, 5.41) is 3.63. The molecule has 0 spiro atoms. The first kappa shape index (κ1) is 17.6. The summed E-state index contributed by atoms with van der Waals surface area (Å²) in [5.41, 5.74) is 3.30. The maximum absolute atomic E-state index is 12.6. The molecular weight excluding hydrogens is 328 g/mol. The molecule has 3 rings (SSSR count). The molecule has 1 N–H and O–H groups in total. The van der Waals surface area contributed by atoms with Crippen molar-refractivity contribution in [3.8, 4) is 0 Å². The Balaban J connectivity index is 1.79. The number of rotatable bonds is 5. The molecule has 2 aromatic carbocycles. The van der Waals surface area contributed by atoms with Gasteiger partial charge in [-0.25, -0.2) is 4.79 Å². The number of methoxy groups -OCH3 is 1. The third kappa shape index (κ3) is 4.06. The highest BCUT2D eigenvalue weighted by molar-refractivity contribution is 5.99. The molecule has 132 valence electrons. The van der Waals surface area contributed by atoms with Crippen molar-refractivity contribution in [1.82, 2.24) is 10.3 Å². The average Bonchev–Trinajstić information content (AvgIpc) is 2.68. The van der Waals surface area contributed by atoms with Crippen LogP contribution in [0.3, 0.4) is 0 Å². The van der Waals surface area contributed by atoms with Crippen LogP contribution in [0.1, 0.15) is 21.5 Å². The van der Waals surface area contributed by atoms with Gasteiger partial charge in [-0.15, -0.1) is 0 Å². The molecule has 5 heteroatoms. The highest BCUT2D eigenvalue weighted by Gasteiger charge is 2.23. The first-order valence-corrected chi connectivity index (χ1v) is 8.36. The SMILES string of the molecule is COC(=O)[C@@H](Cc1ccc(C)cc1)NC(=O)c1cnc2ccccc2c1. The zero-order valence-corrected chi connectivity index (χ0v) is 14.7. The molecule has 1 atom stereocenters. The zero-order valence-electron chi connectivity index (χ0n) is 14.7. The Morgan fingerprint density at radius 3 is 2.58 bits per heavy atom. The molecule has 0 saturated heterocycles. The third-order valence-corrected chi connectivity index (χ3v) is 4.20. The summed E-state index contributed by atoms with van der Waals surface area (Å²) >= 11 is 0. The second kappa shape index (κ2) is 7.78. The molecule has 0 unspecified atom stereocenters. The number of hydrogen-bond donors (Lipinski definition) is 1. The summed E-state index contributed by atoms with van der Waals surface area (Å²) in [6.07, 6.45) is 1.87. The van der Waals surface area contributed by atoms with Crippen LogP contribution < -0.4 is 5.32 Å². The van der Waals surface area contributed by atoms with Gasteiger partial charge in [0.1, 0.15) is 6.04 Å². The van der Waals surface area contributed by atoms with Crippen molar-refractivity contribution in [3.05, 3.63) is 77.5 Å². The number of para-hydroxylation sites is 1. The average molecular weight is 348 g/mol. The Bertz CT molecular complexity index is 935. The number of hydrogen-bond acceptors (Lipinski definition) is 4. The molecule has 0 saturated carbocycles. The van der Waals surface area contributed by atoms with Gasteiger partial charge in [-0.2, -0.15) is 0 Å². The standard InChI is InChI=1S/C21H20N2O3/c1-14-7-9-15(10-8-14)11-19(21(25)26-2)23-20(24)17-12-16-5-3-4-6-18(16)22-13-17/h3-10,12-13,19H,11H2,1-2H3,(H,23,24)/t19-/m1/s1. The molecule has 0 aliphatic rings. The number of esters is 1. The van der Waals surface area contributed by atoms with Crippen LogP contribution in [0.5, 0.6) is 0 Å². The minimum Gasteiger partial charge on any atom is -0.467 e. The van der Waals surface area contributed by atoms with E-state index in [0.29, 0.717) is 12.0 Å². The van der Waals surface area contributed by atoms with Crippen molar-refractivity contribution in [2.75, 3.05) is 7.11 Å². The molecule has 1 heterocycles. The highest BCUT2D eigenvalue weighted by atomic mass is 16.5. The van der Waals surface area contributed by atoms with E-state index >= 15 is 0 Å². The summed E-state index contributed by atoms with van der Waals surface area (Å²) in [6.45, 7) is 2.00. The zero-order chi connectivity index (χ0) is 18.5. The number of benzene rings is 2. The molecule has 26 heavy (non-hydrogen) atoms. The van der Waals surface area contributed by atoms with Crippen LogP contribution in [0.2, 0.25) is 0 Å². The summed E-state index contributed by atoms with van der Waals surface area (Å²) < 4.78 is 4.85. The number of aryl methyl sites for hydroxylation is 1. The van der Waals surface area contributed by atoms with E-state index in [1.54, 1.807) is 6.07 Å². The second-order valence-corrected chi connectivity index (χ2v) is 6.16. The summed E-state index contributed by atoms with van der Waals surface area (Å²) in [5.74, 6) is -0.835. The van der Waals surface area contributed by atoms with Gasteiger partial charge in [0.05, 0.1) is 18.2 Å². The molecule has 0 fully saturated rings. The Kier molecular flexibility index (Phi) is 5.27. The Morgan fingerprint density at radius 2 is 1.85 bits per heavy atom. The number of nitrogens with one attached hydrogen (secondary N) is 1. The largest absolute Gasteiger partial charge is 0.467 e. The monoisotopic (exact) mass is 348 g/mol. The smallest absolute Gasteiger partial charge is 0.328 e. The second-order valence-electron chi connectivity index (χ2n) is 6.16. The number of carbonyl (C=O) groups is 2. The first-order valence-electron chi connectivity index (χ1n) is 8.36. The summed E-state index contributed by atoms with van der Waals surface area (Å²) in [6, 6.07) is 16.4. The number of aromatic nitrogens is 1.